The van der Waals surface area contributed by atoms with Crippen LogP contribution in [0.3, 0.4) is 0 Å². The summed E-state index contributed by atoms with van der Waals surface area (Å²) in [6, 6.07) is 0. The van der Waals surface area contributed by atoms with E-state index < -0.39 is 11.2 Å². The summed E-state index contributed by atoms with van der Waals surface area (Å²) in [6.07, 6.45) is 1.58. The SMILES string of the molecule is CCc1nnc(SC(C(=O)O)C(C)C)nc1CC. The molecule has 0 saturated carbocycles. The largest absolute Gasteiger partial charge is 0.480 e. The first-order valence-electron chi connectivity index (χ1n) is 6.11. The molecule has 0 aromatic carbocycles. The van der Waals surface area contributed by atoms with Crippen LogP contribution in [0.5, 0.6) is 0 Å². The zero-order valence-electron chi connectivity index (χ0n) is 11.2. The van der Waals surface area contributed by atoms with Crippen molar-refractivity contribution in [3.63, 3.8) is 0 Å². The Hall–Kier alpha value is -1.17. The van der Waals surface area contributed by atoms with Gasteiger partial charge in [-0.3, -0.25) is 4.79 Å². The second kappa shape index (κ2) is 6.68. The van der Waals surface area contributed by atoms with E-state index in [2.05, 4.69) is 15.2 Å². The third-order valence-corrected chi connectivity index (χ3v) is 3.95. The summed E-state index contributed by atoms with van der Waals surface area (Å²) in [5.74, 6) is -0.816. The fraction of sp³-hybridized carbons (Fsp3) is 0.667. The maximum atomic E-state index is 11.1. The lowest BCUT2D eigenvalue weighted by atomic mass is 10.1. The van der Waals surface area contributed by atoms with Crippen molar-refractivity contribution in [2.24, 2.45) is 5.92 Å². The van der Waals surface area contributed by atoms with Gasteiger partial charge in [0.1, 0.15) is 5.25 Å². The highest BCUT2D eigenvalue weighted by Gasteiger charge is 2.24. The molecule has 5 nitrogen and oxygen atoms in total. The molecule has 1 aromatic heterocycles. The van der Waals surface area contributed by atoms with Crippen molar-refractivity contribution in [3.8, 4) is 0 Å². The van der Waals surface area contributed by atoms with Gasteiger partial charge in [-0.15, -0.1) is 5.10 Å². The second-order valence-corrected chi connectivity index (χ2v) is 5.42. The van der Waals surface area contributed by atoms with E-state index in [9.17, 15) is 4.79 Å². The molecule has 1 heterocycles. The van der Waals surface area contributed by atoms with Crippen LogP contribution in [0, 0.1) is 5.92 Å². The van der Waals surface area contributed by atoms with Gasteiger partial charge < -0.3 is 5.11 Å². The number of aryl methyl sites for hydroxylation is 2. The Morgan fingerprint density at radius 2 is 1.83 bits per heavy atom. The minimum atomic E-state index is -0.837. The van der Waals surface area contributed by atoms with E-state index in [0.29, 0.717) is 5.16 Å². The molecule has 0 radical (unpaired) electrons. The van der Waals surface area contributed by atoms with Crippen molar-refractivity contribution in [2.75, 3.05) is 0 Å². The monoisotopic (exact) mass is 269 g/mol. The number of carboxylic acids is 1. The van der Waals surface area contributed by atoms with E-state index in [0.717, 1.165) is 24.2 Å². The third-order valence-electron chi connectivity index (χ3n) is 2.57. The maximum Gasteiger partial charge on any atom is 0.317 e. The maximum absolute atomic E-state index is 11.1. The Balaban J connectivity index is 2.93. The van der Waals surface area contributed by atoms with Crippen molar-refractivity contribution in [2.45, 2.75) is 50.9 Å². The molecule has 0 fully saturated rings. The lowest BCUT2D eigenvalue weighted by Crippen LogP contribution is -2.23. The average Bonchev–Trinajstić information content (AvgIpc) is 2.34. The number of rotatable bonds is 6. The van der Waals surface area contributed by atoms with Crippen LogP contribution >= 0.6 is 11.8 Å². The molecule has 0 aliphatic rings. The molecule has 1 rings (SSSR count). The molecule has 0 amide bonds. The van der Waals surface area contributed by atoms with Gasteiger partial charge in [-0.05, 0) is 18.8 Å². The molecule has 0 bridgehead atoms. The highest BCUT2D eigenvalue weighted by Crippen LogP contribution is 2.25. The van der Waals surface area contributed by atoms with Crippen LogP contribution in [0.25, 0.3) is 0 Å². The Morgan fingerprint density at radius 3 is 2.28 bits per heavy atom. The molecule has 1 unspecified atom stereocenters. The van der Waals surface area contributed by atoms with Crippen LogP contribution in [0.4, 0.5) is 0 Å². The van der Waals surface area contributed by atoms with Crippen LogP contribution < -0.4 is 0 Å². The van der Waals surface area contributed by atoms with Gasteiger partial charge >= 0.3 is 5.97 Å². The van der Waals surface area contributed by atoms with Gasteiger partial charge in [0, 0.05) is 0 Å². The highest BCUT2D eigenvalue weighted by atomic mass is 32.2. The molecule has 6 heteroatoms. The third kappa shape index (κ3) is 3.66. The Labute approximate surface area is 111 Å². The standard InChI is InChI=1S/C12H19N3O2S/c1-5-8-9(6-2)14-15-12(13-8)18-10(7(3)4)11(16)17/h7,10H,5-6H2,1-4H3,(H,16,17). The fourth-order valence-corrected chi connectivity index (χ4v) is 2.41. The number of hydrogen-bond acceptors (Lipinski definition) is 5. The fourth-order valence-electron chi connectivity index (χ4n) is 1.56. The first kappa shape index (κ1) is 14.9. The topological polar surface area (TPSA) is 76.0 Å². The average molecular weight is 269 g/mol. The van der Waals surface area contributed by atoms with Gasteiger partial charge in [0.25, 0.3) is 0 Å². The highest BCUT2D eigenvalue weighted by molar-refractivity contribution is 8.00. The number of aliphatic carboxylic acids is 1. The summed E-state index contributed by atoms with van der Waals surface area (Å²) in [6.45, 7) is 7.77. The molecule has 18 heavy (non-hydrogen) atoms. The van der Waals surface area contributed by atoms with E-state index in [1.165, 1.54) is 11.8 Å². The number of carboxylic acid groups (broad SMARTS) is 1. The van der Waals surface area contributed by atoms with Gasteiger partial charge in [0.15, 0.2) is 0 Å². The molecule has 1 N–H and O–H groups in total. The van der Waals surface area contributed by atoms with Crippen molar-refractivity contribution in [1.29, 1.82) is 0 Å². The summed E-state index contributed by atoms with van der Waals surface area (Å²) in [5, 5.41) is 17.2. The number of carbonyl (C=O) groups is 1. The molecule has 0 aliphatic heterocycles. The first-order valence-corrected chi connectivity index (χ1v) is 6.99. The van der Waals surface area contributed by atoms with Crippen molar-refractivity contribution in [1.82, 2.24) is 15.2 Å². The Bertz CT molecular complexity index is 424. The molecule has 100 valence electrons. The predicted molar refractivity (Wildman–Crippen MR) is 70.7 cm³/mol. The van der Waals surface area contributed by atoms with Crippen LogP contribution in [0.1, 0.15) is 39.1 Å². The molecule has 0 aliphatic carbocycles. The quantitative estimate of drug-likeness (QED) is 0.798. The molecule has 0 saturated heterocycles. The van der Waals surface area contributed by atoms with Crippen LogP contribution in [-0.2, 0) is 17.6 Å². The summed E-state index contributed by atoms with van der Waals surface area (Å²) >= 11 is 1.17. The zero-order chi connectivity index (χ0) is 13.7. The Morgan fingerprint density at radius 1 is 1.22 bits per heavy atom. The smallest absolute Gasteiger partial charge is 0.317 e. The molecule has 1 aromatic rings. The lowest BCUT2D eigenvalue weighted by molar-refractivity contribution is -0.137. The molecular weight excluding hydrogens is 250 g/mol. The van der Waals surface area contributed by atoms with E-state index in [4.69, 9.17) is 5.11 Å². The van der Waals surface area contributed by atoms with E-state index in [-0.39, 0.29) is 5.92 Å². The minimum absolute atomic E-state index is 0.0204. The molecule has 0 spiro atoms. The van der Waals surface area contributed by atoms with Crippen molar-refractivity contribution in [3.05, 3.63) is 11.4 Å². The summed E-state index contributed by atoms with van der Waals surface area (Å²) in [7, 11) is 0. The van der Waals surface area contributed by atoms with E-state index >= 15 is 0 Å². The van der Waals surface area contributed by atoms with Crippen molar-refractivity contribution >= 4 is 17.7 Å². The second-order valence-electron chi connectivity index (χ2n) is 4.32. The summed E-state index contributed by atoms with van der Waals surface area (Å²) in [5.41, 5.74) is 1.79. The molecule has 1 atom stereocenters. The number of aromatic nitrogens is 3. The normalized spacial score (nSPS) is 12.7. The zero-order valence-corrected chi connectivity index (χ0v) is 12.0. The van der Waals surface area contributed by atoms with Crippen LogP contribution in [-0.4, -0.2) is 31.5 Å². The van der Waals surface area contributed by atoms with Crippen molar-refractivity contribution < 1.29 is 9.90 Å². The number of thioether (sulfide) groups is 1. The van der Waals surface area contributed by atoms with Crippen LogP contribution in [0.15, 0.2) is 5.16 Å². The van der Waals surface area contributed by atoms with E-state index in [1.54, 1.807) is 0 Å². The van der Waals surface area contributed by atoms with Gasteiger partial charge in [0.2, 0.25) is 5.16 Å². The molecular formula is C12H19N3O2S. The van der Waals surface area contributed by atoms with Crippen LogP contribution in [0.2, 0.25) is 0 Å². The summed E-state index contributed by atoms with van der Waals surface area (Å²) in [4.78, 5) is 15.5. The number of nitrogens with zero attached hydrogens (tertiary/aromatic N) is 3. The minimum Gasteiger partial charge on any atom is -0.480 e. The van der Waals surface area contributed by atoms with Gasteiger partial charge in [-0.2, -0.15) is 5.10 Å². The lowest BCUT2D eigenvalue weighted by Gasteiger charge is -2.14. The van der Waals surface area contributed by atoms with Gasteiger partial charge in [0.05, 0.1) is 11.4 Å². The summed E-state index contributed by atoms with van der Waals surface area (Å²) < 4.78 is 0. The van der Waals surface area contributed by atoms with E-state index in [1.807, 2.05) is 27.7 Å². The van der Waals surface area contributed by atoms with Gasteiger partial charge in [-0.1, -0.05) is 39.5 Å². The van der Waals surface area contributed by atoms with Gasteiger partial charge in [-0.25, -0.2) is 4.98 Å². The predicted octanol–water partition coefficient (Wildman–Crippen LogP) is 2.20. The first-order chi connectivity index (χ1) is 8.49. The Kier molecular flexibility index (Phi) is 5.53. The number of hydrogen-bond donors (Lipinski definition) is 1.